The molecular formula is C17H21N3O5S. The average molecular weight is 379 g/mol. The first-order valence-electron chi connectivity index (χ1n) is 8.18. The van der Waals surface area contributed by atoms with E-state index in [2.05, 4.69) is 10.6 Å². The van der Waals surface area contributed by atoms with Crippen LogP contribution >= 0.6 is 0 Å². The van der Waals surface area contributed by atoms with Gasteiger partial charge in [-0.1, -0.05) is 25.1 Å². The summed E-state index contributed by atoms with van der Waals surface area (Å²) in [5.41, 5.74) is -0.964. The molecule has 8 nitrogen and oxygen atoms in total. The second-order valence-corrected chi connectivity index (χ2v) is 8.20. The molecule has 1 saturated heterocycles. The number of rotatable bonds is 4. The van der Waals surface area contributed by atoms with Gasteiger partial charge in [0.15, 0.2) is 5.60 Å². The number of nitrogens with one attached hydrogen (secondary N) is 2. The van der Waals surface area contributed by atoms with E-state index in [9.17, 15) is 23.7 Å². The maximum atomic E-state index is 12.8. The summed E-state index contributed by atoms with van der Waals surface area (Å²) < 4.78 is 11.3. The summed E-state index contributed by atoms with van der Waals surface area (Å²) >= 11 is 0. The minimum Gasteiger partial charge on any atom is -0.375 e. The van der Waals surface area contributed by atoms with Crippen molar-refractivity contribution in [2.75, 3.05) is 24.0 Å². The number of piperazine rings is 1. The highest BCUT2D eigenvalue weighted by molar-refractivity contribution is 7.84. The number of amides is 3. The molecule has 0 radical (unpaired) electrons. The van der Waals surface area contributed by atoms with Gasteiger partial charge in [0.2, 0.25) is 11.8 Å². The van der Waals surface area contributed by atoms with Crippen LogP contribution in [0, 0.1) is 5.92 Å². The first-order valence-corrected chi connectivity index (χ1v) is 9.91. The highest BCUT2D eigenvalue weighted by Crippen LogP contribution is 2.45. The molecule has 0 spiro atoms. The molecule has 1 aromatic carbocycles. The van der Waals surface area contributed by atoms with E-state index in [0.717, 1.165) is 0 Å². The Labute approximate surface area is 153 Å². The molecule has 140 valence electrons. The standard InChI is InChI=1S/C17H21N3O5S/c1-9(13-15(22)18-11(8-26(3)25)14(21)19-13)17(24)10-6-4-5-7-12(10)20(2)16(17)23/h4-7,9,11,13,24H,8H2,1-3H3,(H,18,22)(H,19,21)/t9-,11+,13+,17-,26-/m1/s1. The maximum Gasteiger partial charge on any atom is 0.263 e. The van der Waals surface area contributed by atoms with E-state index in [1.165, 1.54) is 11.2 Å². The number of benzene rings is 1. The van der Waals surface area contributed by atoms with Gasteiger partial charge in [0.1, 0.15) is 12.1 Å². The van der Waals surface area contributed by atoms with E-state index < -0.39 is 52.1 Å². The fraction of sp³-hybridized carbons (Fsp3) is 0.471. The monoisotopic (exact) mass is 379 g/mol. The lowest BCUT2D eigenvalue weighted by atomic mass is 9.78. The summed E-state index contributed by atoms with van der Waals surface area (Å²) in [7, 11) is 0.297. The van der Waals surface area contributed by atoms with Gasteiger partial charge in [0.25, 0.3) is 5.91 Å². The third-order valence-corrected chi connectivity index (χ3v) is 5.88. The highest BCUT2D eigenvalue weighted by Gasteiger charge is 2.56. The van der Waals surface area contributed by atoms with Gasteiger partial charge in [-0.2, -0.15) is 0 Å². The van der Waals surface area contributed by atoms with Crippen molar-refractivity contribution >= 4 is 34.2 Å². The van der Waals surface area contributed by atoms with E-state index in [1.807, 2.05) is 0 Å². The van der Waals surface area contributed by atoms with E-state index in [1.54, 1.807) is 38.2 Å². The van der Waals surface area contributed by atoms with Crippen LogP contribution in [-0.4, -0.2) is 58.2 Å². The van der Waals surface area contributed by atoms with Crippen molar-refractivity contribution in [1.29, 1.82) is 0 Å². The summed E-state index contributed by atoms with van der Waals surface area (Å²) in [5.74, 6) is -2.44. The van der Waals surface area contributed by atoms with Crippen molar-refractivity contribution in [3.05, 3.63) is 29.8 Å². The van der Waals surface area contributed by atoms with Crippen molar-refractivity contribution in [1.82, 2.24) is 10.6 Å². The van der Waals surface area contributed by atoms with E-state index in [-0.39, 0.29) is 5.75 Å². The summed E-state index contributed by atoms with van der Waals surface area (Å²) in [6, 6.07) is 4.83. The fourth-order valence-electron chi connectivity index (χ4n) is 3.60. The molecule has 26 heavy (non-hydrogen) atoms. The Kier molecular flexibility index (Phi) is 4.61. The molecule has 2 aliphatic rings. The quantitative estimate of drug-likeness (QED) is 0.611. The minimum atomic E-state index is -1.93. The van der Waals surface area contributed by atoms with Gasteiger partial charge in [-0.05, 0) is 6.07 Å². The number of aliphatic hydroxyl groups is 1. The van der Waals surface area contributed by atoms with Gasteiger partial charge in [-0.25, -0.2) is 0 Å². The number of fused-ring (bicyclic) bond motifs is 1. The predicted octanol–water partition coefficient (Wildman–Crippen LogP) is -1.15. The van der Waals surface area contributed by atoms with Crippen LogP contribution < -0.4 is 15.5 Å². The number of likely N-dealkylation sites (N-methyl/N-ethyl adjacent to an activating group) is 1. The molecule has 0 unspecified atom stereocenters. The molecule has 0 aliphatic carbocycles. The van der Waals surface area contributed by atoms with Gasteiger partial charge >= 0.3 is 0 Å². The van der Waals surface area contributed by atoms with Gasteiger partial charge in [-0.15, -0.1) is 0 Å². The molecule has 3 rings (SSSR count). The Morgan fingerprint density at radius 2 is 1.88 bits per heavy atom. The van der Waals surface area contributed by atoms with Crippen molar-refractivity contribution in [2.24, 2.45) is 5.92 Å². The van der Waals surface area contributed by atoms with E-state index in [0.29, 0.717) is 11.3 Å². The lowest BCUT2D eigenvalue weighted by Crippen LogP contribution is -2.67. The molecule has 3 amide bonds. The number of carbonyl (C=O) groups excluding carboxylic acids is 3. The molecule has 3 N–H and O–H groups in total. The molecule has 1 fully saturated rings. The lowest BCUT2D eigenvalue weighted by molar-refractivity contribution is -0.149. The topological polar surface area (TPSA) is 116 Å². The number of hydrogen-bond donors (Lipinski definition) is 3. The normalized spacial score (nSPS) is 30.5. The Morgan fingerprint density at radius 1 is 1.23 bits per heavy atom. The number of para-hydroxylation sites is 1. The van der Waals surface area contributed by atoms with Crippen LogP contribution in [0.25, 0.3) is 0 Å². The molecule has 2 heterocycles. The second-order valence-electron chi connectivity index (χ2n) is 6.72. The smallest absolute Gasteiger partial charge is 0.263 e. The number of nitrogens with zero attached hydrogens (tertiary/aromatic N) is 1. The van der Waals surface area contributed by atoms with Crippen LogP contribution in [0.4, 0.5) is 5.69 Å². The first kappa shape index (κ1) is 18.5. The van der Waals surface area contributed by atoms with Gasteiger partial charge in [-0.3, -0.25) is 18.6 Å². The molecule has 1 aromatic rings. The predicted molar refractivity (Wildman–Crippen MR) is 95.7 cm³/mol. The Bertz CT molecular complexity index is 813. The van der Waals surface area contributed by atoms with E-state index >= 15 is 0 Å². The zero-order chi connectivity index (χ0) is 19.2. The summed E-state index contributed by atoms with van der Waals surface area (Å²) in [6.07, 6.45) is 1.45. The minimum absolute atomic E-state index is 0.00738. The van der Waals surface area contributed by atoms with E-state index in [4.69, 9.17) is 0 Å². The van der Waals surface area contributed by atoms with Crippen LogP contribution in [0.15, 0.2) is 24.3 Å². The second kappa shape index (κ2) is 6.48. The maximum absolute atomic E-state index is 12.8. The number of carbonyl (C=O) groups is 3. The molecule has 2 aliphatic heterocycles. The Morgan fingerprint density at radius 3 is 2.54 bits per heavy atom. The number of hydrogen-bond acceptors (Lipinski definition) is 5. The van der Waals surface area contributed by atoms with Crippen molar-refractivity contribution < 1.29 is 23.7 Å². The third-order valence-electron chi connectivity index (χ3n) is 5.08. The van der Waals surface area contributed by atoms with Crippen LogP contribution in [0.3, 0.4) is 0 Å². The highest BCUT2D eigenvalue weighted by atomic mass is 32.2. The SMILES string of the molecule is C[C@H]([C@@H]1NC(=O)[C@H](C[S@@](C)=O)NC1=O)[C@]1(O)C(=O)N(C)c2ccccc21. The molecule has 0 aromatic heterocycles. The molecule has 5 atom stereocenters. The molecule has 0 bridgehead atoms. The summed E-state index contributed by atoms with van der Waals surface area (Å²) in [4.78, 5) is 38.9. The van der Waals surface area contributed by atoms with Crippen molar-refractivity contribution in [2.45, 2.75) is 24.6 Å². The summed E-state index contributed by atoms with van der Waals surface area (Å²) in [6.45, 7) is 1.55. The van der Waals surface area contributed by atoms with Crippen molar-refractivity contribution in [3.8, 4) is 0 Å². The van der Waals surface area contributed by atoms with Gasteiger partial charge < -0.3 is 20.6 Å². The van der Waals surface area contributed by atoms with Crippen molar-refractivity contribution in [3.63, 3.8) is 0 Å². The zero-order valence-corrected chi connectivity index (χ0v) is 15.5. The van der Waals surface area contributed by atoms with Gasteiger partial charge in [0, 0.05) is 35.6 Å². The van der Waals surface area contributed by atoms with Gasteiger partial charge in [0.05, 0.1) is 11.4 Å². The Balaban J connectivity index is 1.91. The molecule has 9 heteroatoms. The number of anilines is 1. The first-order chi connectivity index (χ1) is 12.2. The molecular weight excluding hydrogens is 358 g/mol. The lowest BCUT2D eigenvalue weighted by Gasteiger charge is -2.38. The van der Waals surface area contributed by atoms with Crippen LogP contribution in [-0.2, 0) is 30.8 Å². The largest absolute Gasteiger partial charge is 0.375 e. The summed E-state index contributed by atoms with van der Waals surface area (Å²) in [5, 5.41) is 16.4. The van der Waals surface area contributed by atoms with Crippen LogP contribution in [0.2, 0.25) is 0 Å². The zero-order valence-electron chi connectivity index (χ0n) is 14.7. The Hall–Kier alpha value is -2.26. The third kappa shape index (κ3) is 2.71. The molecule has 0 saturated carbocycles. The fourth-order valence-corrected chi connectivity index (χ4v) is 4.30. The van der Waals surface area contributed by atoms with Crippen LogP contribution in [0.5, 0.6) is 0 Å². The van der Waals surface area contributed by atoms with Crippen LogP contribution in [0.1, 0.15) is 12.5 Å². The average Bonchev–Trinajstić information content (AvgIpc) is 2.80.